The van der Waals surface area contributed by atoms with Crippen LogP contribution in [0.15, 0.2) is 46.0 Å². The Hall–Kier alpha value is -2.42. The van der Waals surface area contributed by atoms with Crippen LogP contribution in [-0.2, 0) is 4.79 Å². The second-order valence-corrected chi connectivity index (χ2v) is 7.15. The molecule has 0 fully saturated rings. The molecule has 1 N–H and O–H groups in total. The Morgan fingerprint density at radius 1 is 1.11 bits per heavy atom. The van der Waals surface area contributed by atoms with Crippen molar-refractivity contribution in [2.75, 3.05) is 25.3 Å². The summed E-state index contributed by atoms with van der Waals surface area (Å²) >= 11 is 12.9. The summed E-state index contributed by atoms with van der Waals surface area (Å²) < 4.78 is 16.2. The number of carbonyl (C=O) groups excluding carboxylic acids is 1. The third-order valence-electron chi connectivity index (χ3n) is 3.57. The molecular weight excluding hydrogens is 425 g/mol. The number of ether oxygens (including phenoxy) is 2. The van der Waals surface area contributed by atoms with E-state index >= 15 is 0 Å². The predicted molar refractivity (Wildman–Crippen MR) is 109 cm³/mol. The lowest BCUT2D eigenvalue weighted by molar-refractivity contribution is -0.113. The number of carbonyl (C=O) groups is 1. The number of anilines is 1. The van der Waals surface area contributed by atoms with Gasteiger partial charge in [-0.05, 0) is 36.4 Å². The number of aromatic nitrogens is 2. The van der Waals surface area contributed by atoms with Crippen molar-refractivity contribution in [3.8, 4) is 23.0 Å². The minimum Gasteiger partial charge on any atom is -0.497 e. The Balaban J connectivity index is 1.65. The summed E-state index contributed by atoms with van der Waals surface area (Å²) in [6, 6.07) is 10.1. The first kappa shape index (κ1) is 20.3. The molecule has 28 heavy (non-hydrogen) atoms. The normalized spacial score (nSPS) is 10.6. The first-order chi connectivity index (χ1) is 13.5. The van der Waals surface area contributed by atoms with Gasteiger partial charge in [0.25, 0.3) is 11.1 Å². The predicted octanol–water partition coefficient (Wildman–Crippen LogP) is 4.79. The molecule has 0 spiro atoms. The Morgan fingerprint density at radius 3 is 2.64 bits per heavy atom. The minimum absolute atomic E-state index is 0.0805. The Morgan fingerprint density at radius 2 is 1.93 bits per heavy atom. The van der Waals surface area contributed by atoms with Crippen LogP contribution in [0, 0.1) is 0 Å². The van der Waals surface area contributed by atoms with E-state index in [2.05, 4.69) is 15.5 Å². The summed E-state index contributed by atoms with van der Waals surface area (Å²) in [5.41, 5.74) is 1.15. The molecule has 0 bridgehead atoms. The van der Waals surface area contributed by atoms with Gasteiger partial charge in [-0.15, -0.1) is 10.2 Å². The first-order valence-corrected chi connectivity index (χ1v) is 9.68. The fourth-order valence-corrected chi connectivity index (χ4v) is 3.12. The summed E-state index contributed by atoms with van der Waals surface area (Å²) in [7, 11) is 3.11. The van der Waals surface area contributed by atoms with Gasteiger partial charge >= 0.3 is 0 Å². The zero-order valence-corrected chi connectivity index (χ0v) is 17.2. The molecule has 1 aromatic heterocycles. The van der Waals surface area contributed by atoms with Crippen LogP contribution in [-0.4, -0.2) is 36.1 Å². The smallest absolute Gasteiger partial charge is 0.277 e. The van der Waals surface area contributed by atoms with Crippen molar-refractivity contribution >= 4 is 46.6 Å². The van der Waals surface area contributed by atoms with E-state index in [0.717, 1.165) is 11.8 Å². The van der Waals surface area contributed by atoms with Crippen LogP contribution in [0.2, 0.25) is 10.0 Å². The third-order valence-corrected chi connectivity index (χ3v) is 5.13. The maximum absolute atomic E-state index is 12.1. The van der Waals surface area contributed by atoms with Crippen LogP contribution in [0.4, 0.5) is 5.69 Å². The van der Waals surface area contributed by atoms with Crippen LogP contribution in [0.1, 0.15) is 0 Å². The highest BCUT2D eigenvalue weighted by atomic mass is 35.5. The topological polar surface area (TPSA) is 86.5 Å². The first-order valence-electron chi connectivity index (χ1n) is 7.93. The highest BCUT2D eigenvalue weighted by molar-refractivity contribution is 7.99. The van der Waals surface area contributed by atoms with Gasteiger partial charge in [0.05, 0.1) is 35.6 Å². The standard InChI is InChI=1S/C18H15Cl2N3O4S/c1-25-11-4-6-15(26-2)12(8-11)17-22-23-18(27-17)28-9-16(24)21-10-3-5-13(19)14(20)7-10/h3-8H,9H2,1-2H3,(H,21,24). The van der Waals surface area contributed by atoms with E-state index in [1.54, 1.807) is 50.6 Å². The van der Waals surface area contributed by atoms with Crippen molar-refractivity contribution in [1.82, 2.24) is 10.2 Å². The van der Waals surface area contributed by atoms with E-state index in [-0.39, 0.29) is 22.8 Å². The van der Waals surface area contributed by atoms with Gasteiger partial charge in [-0.1, -0.05) is 35.0 Å². The van der Waals surface area contributed by atoms with Crippen LogP contribution in [0.5, 0.6) is 11.5 Å². The Kier molecular flexibility index (Phi) is 6.66. The lowest BCUT2D eigenvalue weighted by Gasteiger charge is -2.07. The number of hydrogen-bond donors (Lipinski definition) is 1. The molecule has 7 nitrogen and oxygen atoms in total. The molecule has 3 aromatic rings. The van der Waals surface area contributed by atoms with Crippen LogP contribution >= 0.6 is 35.0 Å². The highest BCUT2D eigenvalue weighted by Gasteiger charge is 2.16. The molecule has 0 aliphatic heterocycles. The maximum Gasteiger partial charge on any atom is 0.277 e. The molecule has 1 heterocycles. The fourth-order valence-electron chi connectivity index (χ4n) is 2.26. The fraction of sp³-hybridized carbons (Fsp3) is 0.167. The van der Waals surface area contributed by atoms with Crippen molar-refractivity contribution in [3.63, 3.8) is 0 Å². The number of nitrogens with one attached hydrogen (secondary N) is 1. The number of thioether (sulfide) groups is 1. The van der Waals surface area contributed by atoms with Crippen LogP contribution in [0.25, 0.3) is 11.5 Å². The molecule has 0 aliphatic rings. The molecule has 146 valence electrons. The van der Waals surface area contributed by atoms with Crippen LogP contribution < -0.4 is 14.8 Å². The van der Waals surface area contributed by atoms with Gasteiger partial charge in [0.1, 0.15) is 11.5 Å². The second-order valence-electron chi connectivity index (χ2n) is 5.41. The van der Waals surface area contributed by atoms with E-state index < -0.39 is 0 Å². The summed E-state index contributed by atoms with van der Waals surface area (Å²) in [6.45, 7) is 0. The number of methoxy groups -OCH3 is 2. The molecule has 10 heteroatoms. The molecule has 0 saturated carbocycles. The molecule has 0 atom stereocenters. The van der Waals surface area contributed by atoms with Crippen molar-refractivity contribution in [2.24, 2.45) is 0 Å². The van der Waals surface area contributed by atoms with Gasteiger partial charge in [0, 0.05) is 5.69 Å². The Bertz CT molecular complexity index is 997. The minimum atomic E-state index is -0.248. The molecule has 3 rings (SSSR count). The van der Waals surface area contributed by atoms with E-state index in [0.29, 0.717) is 32.8 Å². The largest absolute Gasteiger partial charge is 0.497 e. The SMILES string of the molecule is COc1ccc(OC)c(-c2nnc(SCC(=O)Nc3ccc(Cl)c(Cl)c3)o2)c1. The van der Waals surface area contributed by atoms with Crippen LogP contribution in [0.3, 0.4) is 0 Å². The summed E-state index contributed by atoms with van der Waals surface area (Å²) in [5, 5.41) is 11.7. The van der Waals surface area contributed by atoms with E-state index in [4.69, 9.17) is 37.1 Å². The maximum atomic E-state index is 12.1. The number of hydrogen-bond acceptors (Lipinski definition) is 7. The van der Waals surface area contributed by atoms with Crippen molar-refractivity contribution < 1.29 is 18.7 Å². The van der Waals surface area contributed by atoms with Crippen molar-refractivity contribution in [3.05, 3.63) is 46.4 Å². The van der Waals surface area contributed by atoms with Crippen molar-refractivity contribution in [2.45, 2.75) is 5.22 Å². The zero-order chi connectivity index (χ0) is 20.1. The molecular formula is C18H15Cl2N3O4S. The van der Waals surface area contributed by atoms with Gasteiger partial charge in [-0.2, -0.15) is 0 Å². The number of rotatable bonds is 7. The van der Waals surface area contributed by atoms with E-state index in [1.807, 2.05) is 0 Å². The summed E-state index contributed by atoms with van der Waals surface area (Å²) in [5.74, 6) is 1.30. The van der Waals surface area contributed by atoms with Gasteiger partial charge in [-0.3, -0.25) is 4.79 Å². The van der Waals surface area contributed by atoms with E-state index in [9.17, 15) is 4.79 Å². The van der Waals surface area contributed by atoms with Gasteiger partial charge in [0.2, 0.25) is 5.91 Å². The monoisotopic (exact) mass is 439 g/mol. The summed E-state index contributed by atoms with van der Waals surface area (Å²) in [4.78, 5) is 12.1. The number of nitrogens with zero attached hydrogens (tertiary/aromatic N) is 2. The molecule has 0 unspecified atom stereocenters. The molecule has 2 aromatic carbocycles. The average molecular weight is 440 g/mol. The molecule has 0 radical (unpaired) electrons. The Labute approximate surface area is 175 Å². The average Bonchev–Trinajstić information content (AvgIpc) is 3.17. The lowest BCUT2D eigenvalue weighted by Crippen LogP contribution is -2.13. The lowest BCUT2D eigenvalue weighted by atomic mass is 10.2. The number of amides is 1. The quantitative estimate of drug-likeness (QED) is 0.529. The highest BCUT2D eigenvalue weighted by Crippen LogP contribution is 2.34. The number of halogens is 2. The molecule has 1 amide bonds. The van der Waals surface area contributed by atoms with Gasteiger partial charge in [-0.25, -0.2) is 0 Å². The molecule has 0 aliphatic carbocycles. The second kappa shape index (κ2) is 9.18. The van der Waals surface area contributed by atoms with Gasteiger partial charge < -0.3 is 19.2 Å². The van der Waals surface area contributed by atoms with Gasteiger partial charge in [0.15, 0.2) is 0 Å². The third kappa shape index (κ3) is 4.89. The van der Waals surface area contributed by atoms with E-state index in [1.165, 1.54) is 0 Å². The molecule has 0 saturated heterocycles. The number of benzene rings is 2. The summed E-state index contributed by atoms with van der Waals surface area (Å²) in [6.07, 6.45) is 0. The zero-order valence-electron chi connectivity index (χ0n) is 14.9. The van der Waals surface area contributed by atoms with Crippen molar-refractivity contribution in [1.29, 1.82) is 0 Å².